The quantitative estimate of drug-likeness (QED) is 0.667. The molecule has 0 saturated carbocycles. The highest BCUT2D eigenvalue weighted by Gasteiger charge is 2.00. The fourth-order valence-electron chi connectivity index (χ4n) is 1.11. The van der Waals surface area contributed by atoms with Crippen molar-refractivity contribution in [2.45, 2.75) is 20.3 Å². The second-order valence-electron chi connectivity index (χ2n) is 3.47. The summed E-state index contributed by atoms with van der Waals surface area (Å²) in [6.07, 6.45) is 0.830. The van der Waals surface area contributed by atoms with Crippen LogP contribution < -0.4 is 4.74 Å². The van der Waals surface area contributed by atoms with Crippen LogP contribution in [0.15, 0.2) is 30.4 Å². The Morgan fingerprint density at radius 3 is 2.79 bits per heavy atom. The third-order valence-electron chi connectivity index (χ3n) is 1.92. The Labute approximate surface area is 84.2 Å². The lowest BCUT2D eigenvalue weighted by Crippen LogP contribution is -1.99. The molecule has 1 aromatic carbocycles. The second kappa shape index (κ2) is 4.80. The molecule has 0 bridgehead atoms. The van der Waals surface area contributed by atoms with Crippen molar-refractivity contribution in [2.24, 2.45) is 0 Å². The number of ether oxygens (including phenoxy) is 1. The standard InChI is InChI=1S/C12H15FO/c1-9(2)6-7-14-12-5-4-11(13)8-10(12)3/h4-5,8H,1,6-7H2,2-3H3. The molecule has 1 aromatic rings. The average Bonchev–Trinajstić information content (AvgIpc) is 2.08. The molecule has 2 heteroatoms. The van der Waals surface area contributed by atoms with Gasteiger partial charge in [0.15, 0.2) is 0 Å². The van der Waals surface area contributed by atoms with E-state index in [1.165, 1.54) is 12.1 Å². The summed E-state index contributed by atoms with van der Waals surface area (Å²) in [6.45, 7) is 8.17. The first-order valence-corrected chi connectivity index (χ1v) is 4.63. The first-order valence-electron chi connectivity index (χ1n) is 4.63. The van der Waals surface area contributed by atoms with E-state index in [0.717, 1.165) is 23.3 Å². The maximum absolute atomic E-state index is 12.7. The topological polar surface area (TPSA) is 9.23 Å². The Balaban J connectivity index is 2.55. The number of benzene rings is 1. The van der Waals surface area contributed by atoms with Gasteiger partial charge in [0.25, 0.3) is 0 Å². The lowest BCUT2D eigenvalue weighted by Gasteiger charge is -2.08. The van der Waals surface area contributed by atoms with E-state index >= 15 is 0 Å². The summed E-state index contributed by atoms with van der Waals surface area (Å²) in [7, 11) is 0. The monoisotopic (exact) mass is 194 g/mol. The van der Waals surface area contributed by atoms with E-state index < -0.39 is 0 Å². The summed E-state index contributed by atoms with van der Waals surface area (Å²) in [5, 5.41) is 0. The van der Waals surface area contributed by atoms with Crippen molar-refractivity contribution in [3.05, 3.63) is 41.7 Å². The van der Waals surface area contributed by atoms with Gasteiger partial charge in [-0.3, -0.25) is 0 Å². The molecule has 0 aliphatic heterocycles. The summed E-state index contributed by atoms with van der Waals surface area (Å²) in [5.41, 5.74) is 1.91. The smallest absolute Gasteiger partial charge is 0.123 e. The zero-order chi connectivity index (χ0) is 10.6. The molecule has 0 aromatic heterocycles. The molecule has 0 N–H and O–H groups in total. The normalized spacial score (nSPS) is 9.93. The predicted molar refractivity (Wildman–Crippen MR) is 56.1 cm³/mol. The number of rotatable bonds is 4. The highest BCUT2D eigenvalue weighted by molar-refractivity contribution is 5.32. The average molecular weight is 194 g/mol. The van der Waals surface area contributed by atoms with Gasteiger partial charge in [-0.1, -0.05) is 5.57 Å². The number of halogens is 1. The molecular weight excluding hydrogens is 179 g/mol. The van der Waals surface area contributed by atoms with Crippen molar-refractivity contribution in [1.82, 2.24) is 0 Å². The molecule has 1 rings (SSSR count). The van der Waals surface area contributed by atoms with Crippen LogP contribution in [0.25, 0.3) is 0 Å². The molecule has 1 nitrogen and oxygen atoms in total. The van der Waals surface area contributed by atoms with E-state index in [1.807, 2.05) is 13.8 Å². The van der Waals surface area contributed by atoms with Gasteiger partial charge < -0.3 is 4.74 Å². The summed E-state index contributed by atoms with van der Waals surface area (Å²) >= 11 is 0. The van der Waals surface area contributed by atoms with E-state index in [1.54, 1.807) is 6.07 Å². The molecule has 0 saturated heterocycles. The van der Waals surface area contributed by atoms with E-state index in [9.17, 15) is 4.39 Å². The number of hydrogen-bond donors (Lipinski definition) is 0. The molecular formula is C12H15FO. The van der Waals surface area contributed by atoms with Crippen molar-refractivity contribution in [3.8, 4) is 5.75 Å². The summed E-state index contributed by atoms with van der Waals surface area (Å²) in [6, 6.07) is 4.53. The van der Waals surface area contributed by atoms with Gasteiger partial charge in [-0.15, -0.1) is 6.58 Å². The van der Waals surface area contributed by atoms with Crippen LogP contribution in [-0.2, 0) is 0 Å². The molecule has 0 atom stereocenters. The van der Waals surface area contributed by atoms with E-state index in [4.69, 9.17) is 4.74 Å². The van der Waals surface area contributed by atoms with Crippen LogP contribution in [0.5, 0.6) is 5.75 Å². The number of hydrogen-bond acceptors (Lipinski definition) is 1. The fraction of sp³-hybridized carbons (Fsp3) is 0.333. The van der Waals surface area contributed by atoms with Crippen LogP contribution >= 0.6 is 0 Å². The molecule has 0 aliphatic rings. The Kier molecular flexibility index (Phi) is 3.69. The summed E-state index contributed by atoms with van der Waals surface area (Å²) in [4.78, 5) is 0. The van der Waals surface area contributed by atoms with Crippen LogP contribution in [0.4, 0.5) is 4.39 Å². The minimum Gasteiger partial charge on any atom is -0.493 e. The second-order valence-corrected chi connectivity index (χ2v) is 3.47. The SMILES string of the molecule is C=C(C)CCOc1ccc(F)cc1C. The zero-order valence-electron chi connectivity index (χ0n) is 8.64. The van der Waals surface area contributed by atoms with Gasteiger partial charge in [0.05, 0.1) is 6.61 Å². The van der Waals surface area contributed by atoms with Gasteiger partial charge in [-0.2, -0.15) is 0 Å². The van der Waals surface area contributed by atoms with Crippen LogP contribution in [0.3, 0.4) is 0 Å². The Bertz CT molecular complexity index is 331. The van der Waals surface area contributed by atoms with Crippen LogP contribution in [0.1, 0.15) is 18.9 Å². The van der Waals surface area contributed by atoms with Gasteiger partial charge in [0, 0.05) is 6.42 Å². The third-order valence-corrected chi connectivity index (χ3v) is 1.92. The lowest BCUT2D eigenvalue weighted by atomic mass is 10.2. The maximum atomic E-state index is 12.7. The summed E-state index contributed by atoms with van der Waals surface area (Å²) < 4.78 is 18.2. The van der Waals surface area contributed by atoms with Crippen molar-refractivity contribution >= 4 is 0 Å². The Morgan fingerprint density at radius 1 is 1.50 bits per heavy atom. The first-order chi connectivity index (χ1) is 6.59. The predicted octanol–water partition coefficient (Wildman–Crippen LogP) is 3.48. The first kappa shape index (κ1) is 10.8. The molecule has 0 heterocycles. The van der Waals surface area contributed by atoms with E-state index in [-0.39, 0.29) is 5.82 Å². The number of aryl methyl sites for hydroxylation is 1. The van der Waals surface area contributed by atoms with Crippen LogP contribution in [0, 0.1) is 12.7 Å². The van der Waals surface area contributed by atoms with Crippen molar-refractivity contribution in [1.29, 1.82) is 0 Å². The van der Waals surface area contributed by atoms with Crippen molar-refractivity contribution < 1.29 is 9.13 Å². The lowest BCUT2D eigenvalue weighted by molar-refractivity contribution is 0.319. The molecule has 14 heavy (non-hydrogen) atoms. The largest absolute Gasteiger partial charge is 0.493 e. The molecule has 0 fully saturated rings. The Morgan fingerprint density at radius 2 is 2.21 bits per heavy atom. The zero-order valence-corrected chi connectivity index (χ0v) is 8.64. The van der Waals surface area contributed by atoms with Gasteiger partial charge in [-0.05, 0) is 37.6 Å². The molecule has 0 spiro atoms. The summed E-state index contributed by atoms with van der Waals surface area (Å²) in [5.74, 6) is 0.516. The highest BCUT2D eigenvalue weighted by Crippen LogP contribution is 2.18. The van der Waals surface area contributed by atoms with Crippen LogP contribution in [-0.4, -0.2) is 6.61 Å². The van der Waals surface area contributed by atoms with Gasteiger partial charge in [-0.25, -0.2) is 4.39 Å². The third kappa shape index (κ3) is 3.21. The minimum atomic E-state index is -0.227. The van der Waals surface area contributed by atoms with E-state index in [2.05, 4.69) is 6.58 Å². The molecule has 0 amide bonds. The highest BCUT2D eigenvalue weighted by atomic mass is 19.1. The van der Waals surface area contributed by atoms with Crippen molar-refractivity contribution in [2.75, 3.05) is 6.61 Å². The Hall–Kier alpha value is -1.31. The molecule has 0 radical (unpaired) electrons. The van der Waals surface area contributed by atoms with Crippen LogP contribution in [0.2, 0.25) is 0 Å². The molecule has 76 valence electrons. The maximum Gasteiger partial charge on any atom is 0.123 e. The van der Waals surface area contributed by atoms with Gasteiger partial charge in [0.2, 0.25) is 0 Å². The molecule has 0 aliphatic carbocycles. The van der Waals surface area contributed by atoms with Crippen molar-refractivity contribution in [3.63, 3.8) is 0 Å². The fourth-order valence-corrected chi connectivity index (χ4v) is 1.11. The van der Waals surface area contributed by atoms with E-state index in [0.29, 0.717) is 6.61 Å². The van der Waals surface area contributed by atoms with Gasteiger partial charge >= 0.3 is 0 Å². The minimum absolute atomic E-state index is 0.227. The molecule has 0 unspecified atom stereocenters. The van der Waals surface area contributed by atoms with Gasteiger partial charge in [0.1, 0.15) is 11.6 Å².